The molecule has 2 aromatic rings. The van der Waals surface area contributed by atoms with Crippen LogP contribution in [0.15, 0.2) is 42.5 Å². The van der Waals surface area contributed by atoms with Crippen molar-refractivity contribution in [2.45, 2.75) is 32.7 Å². The number of rotatable bonds is 2. The van der Waals surface area contributed by atoms with E-state index in [9.17, 15) is 4.79 Å². The fourth-order valence-corrected chi connectivity index (χ4v) is 4.08. The SMILES string of the molecule is CC1CCN(C(=O)c2cc(N)ccc2N2CCc3ccccc3C2)CC1. The van der Waals surface area contributed by atoms with Crippen molar-refractivity contribution in [1.82, 2.24) is 4.90 Å². The highest BCUT2D eigenvalue weighted by Crippen LogP contribution is 2.30. The van der Waals surface area contributed by atoms with Crippen LogP contribution in [0.3, 0.4) is 0 Å². The maximum Gasteiger partial charge on any atom is 0.256 e. The Bertz CT molecular complexity index is 809. The summed E-state index contributed by atoms with van der Waals surface area (Å²) in [5.41, 5.74) is 11.2. The Morgan fingerprint density at radius 1 is 1.04 bits per heavy atom. The zero-order chi connectivity index (χ0) is 18.1. The fraction of sp³-hybridized carbons (Fsp3) is 0.409. The first kappa shape index (κ1) is 17.0. The highest BCUT2D eigenvalue weighted by Gasteiger charge is 2.26. The Labute approximate surface area is 155 Å². The number of nitrogen functional groups attached to an aromatic ring is 1. The van der Waals surface area contributed by atoms with Gasteiger partial charge in [0.15, 0.2) is 0 Å². The van der Waals surface area contributed by atoms with Gasteiger partial charge in [0.05, 0.1) is 5.56 Å². The van der Waals surface area contributed by atoms with Crippen molar-refractivity contribution in [2.75, 3.05) is 30.3 Å². The van der Waals surface area contributed by atoms with E-state index < -0.39 is 0 Å². The average molecular weight is 349 g/mol. The first-order valence-corrected chi connectivity index (χ1v) is 9.62. The number of nitrogens with two attached hydrogens (primary N) is 1. The normalized spacial score (nSPS) is 17.9. The number of benzene rings is 2. The average Bonchev–Trinajstić information content (AvgIpc) is 2.67. The minimum atomic E-state index is 0.123. The Morgan fingerprint density at radius 3 is 2.54 bits per heavy atom. The zero-order valence-electron chi connectivity index (χ0n) is 15.4. The van der Waals surface area contributed by atoms with Crippen molar-refractivity contribution in [3.05, 3.63) is 59.2 Å². The van der Waals surface area contributed by atoms with Gasteiger partial charge in [-0.2, -0.15) is 0 Å². The number of carbonyl (C=O) groups excluding carboxylic acids is 1. The Kier molecular flexibility index (Phi) is 4.58. The number of hydrogen-bond acceptors (Lipinski definition) is 3. The van der Waals surface area contributed by atoms with Crippen LogP contribution in [0.25, 0.3) is 0 Å². The molecule has 0 saturated carbocycles. The molecule has 4 heteroatoms. The van der Waals surface area contributed by atoms with Crippen LogP contribution in [0.2, 0.25) is 0 Å². The summed E-state index contributed by atoms with van der Waals surface area (Å²) >= 11 is 0. The summed E-state index contributed by atoms with van der Waals surface area (Å²) in [6.07, 6.45) is 3.18. The predicted octanol–water partition coefficient (Wildman–Crippen LogP) is 3.70. The molecule has 0 unspecified atom stereocenters. The predicted molar refractivity (Wildman–Crippen MR) is 106 cm³/mol. The minimum absolute atomic E-state index is 0.123. The highest BCUT2D eigenvalue weighted by molar-refractivity contribution is 6.00. The summed E-state index contributed by atoms with van der Waals surface area (Å²) in [4.78, 5) is 17.5. The quantitative estimate of drug-likeness (QED) is 0.841. The highest BCUT2D eigenvalue weighted by atomic mass is 16.2. The number of likely N-dealkylation sites (tertiary alicyclic amines) is 1. The van der Waals surface area contributed by atoms with Gasteiger partial charge in [-0.05, 0) is 54.5 Å². The molecule has 0 radical (unpaired) electrons. The molecule has 0 atom stereocenters. The molecule has 2 heterocycles. The van der Waals surface area contributed by atoms with Crippen molar-refractivity contribution in [3.63, 3.8) is 0 Å². The van der Waals surface area contributed by atoms with Crippen LogP contribution in [-0.2, 0) is 13.0 Å². The van der Waals surface area contributed by atoms with Crippen molar-refractivity contribution in [2.24, 2.45) is 5.92 Å². The lowest BCUT2D eigenvalue weighted by atomic mass is 9.97. The van der Waals surface area contributed by atoms with Gasteiger partial charge in [-0.1, -0.05) is 31.2 Å². The summed E-state index contributed by atoms with van der Waals surface area (Å²) in [6, 6.07) is 14.4. The number of piperidine rings is 1. The van der Waals surface area contributed by atoms with Crippen molar-refractivity contribution >= 4 is 17.3 Å². The molecule has 1 amide bonds. The van der Waals surface area contributed by atoms with Crippen LogP contribution in [0.1, 0.15) is 41.3 Å². The number of nitrogens with zero attached hydrogens (tertiary/aromatic N) is 2. The first-order chi connectivity index (χ1) is 12.6. The van der Waals surface area contributed by atoms with Crippen LogP contribution in [0.5, 0.6) is 0 Å². The second-order valence-corrected chi connectivity index (χ2v) is 7.69. The molecule has 1 saturated heterocycles. The molecule has 136 valence electrons. The second kappa shape index (κ2) is 7.02. The lowest BCUT2D eigenvalue weighted by Crippen LogP contribution is -2.39. The lowest BCUT2D eigenvalue weighted by molar-refractivity contribution is 0.0698. The molecule has 0 bridgehead atoms. The molecule has 0 aromatic heterocycles. The third-order valence-electron chi connectivity index (χ3n) is 5.79. The van der Waals surface area contributed by atoms with Crippen LogP contribution < -0.4 is 10.6 Å². The van der Waals surface area contributed by atoms with Crippen LogP contribution >= 0.6 is 0 Å². The number of carbonyl (C=O) groups is 1. The molecule has 26 heavy (non-hydrogen) atoms. The molecular weight excluding hydrogens is 322 g/mol. The fourth-order valence-electron chi connectivity index (χ4n) is 4.08. The number of amides is 1. The Morgan fingerprint density at radius 2 is 1.77 bits per heavy atom. The van der Waals surface area contributed by atoms with Crippen molar-refractivity contribution in [1.29, 1.82) is 0 Å². The van der Waals surface area contributed by atoms with E-state index in [1.807, 2.05) is 23.1 Å². The van der Waals surface area contributed by atoms with E-state index in [2.05, 4.69) is 36.1 Å². The third kappa shape index (κ3) is 3.28. The van der Waals surface area contributed by atoms with Crippen LogP contribution in [0, 0.1) is 5.92 Å². The van der Waals surface area contributed by atoms with Gasteiger partial charge in [0.1, 0.15) is 0 Å². The van der Waals surface area contributed by atoms with E-state index in [-0.39, 0.29) is 5.91 Å². The number of fused-ring (bicyclic) bond motifs is 1. The molecule has 4 nitrogen and oxygen atoms in total. The molecule has 2 N–H and O–H groups in total. The summed E-state index contributed by atoms with van der Waals surface area (Å²) in [5.74, 6) is 0.830. The lowest BCUT2D eigenvalue weighted by Gasteiger charge is -2.34. The van der Waals surface area contributed by atoms with Crippen LogP contribution in [0.4, 0.5) is 11.4 Å². The third-order valence-corrected chi connectivity index (χ3v) is 5.79. The van der Waals surface area contributed by atoms with Gasteiger partial charge in [-0.3, -0.25) is 4.79 Å². The van der Waals surface area contributed by atoms with Gasteiger partial charge in [0.25, 0.3) is 5.91 Å². The summed E-state index contributed by atoms with van der Waals surface area (Å²) in [5, 5.41) is 0. The van der Waals surface area contributed by atoms with E-state index in [1.165, 1.54) is 11.1 Å². The largest absolute Gasteiger partial charge is 0.399 e. The minimum Gasteiger partial charge on any atom is -0.399 e. The molecule has 0 spiro atoms. The Hall–Kier alpha value is -2.49. The molecule has 1 fully saturated rings. The summed E-state index contributed by atoms with van der Waals surface area (Å²) in [7, 11) is 0. The summed E-state index contributed by atoms with van der Waals surface area (Å²) < 4.78 is 0. The smallest absolute Gasteiger partial charge is 0.256 e. The molecular formula is C22H27N3O. The molecule has 2 aromatic carbocycles. The van der Waals surface area contributed by atoms with Crippen molar-refractivity contribution < 1.29 is 4.79 Å². The van der Waals surface area contributed by atoms with Gasteiger partial charge >= 0.3 is 0 Å². The van der Waals surface area contributed by atoms with Gasteiger partial charge in [0, 0.05) is 37.6 Å². The number of anilines is 2. The van der Waals surface area contributed by atoms with Gasteiger partial charge in [-0.25, -0.2) is 0 Å². The van der Waals surface area contributed by atoms with E-state index in [0.717, 1.165) is 56.7 Å². The molecule has 2 aliphatic heterocycles. The Balaban J connectivity index is 1.62. The molecule has 4 rings (SSSR count). The zero-order valence-corrected chi connectivity index (χ0v) is 15.4. The topological polar surface area (TPSA) is 49.6 Å². The van der Waals surface area contributed by atoms with E-state index >= 15 is 0 Å². The monoisotopic (exact) mass is 349 g/mol. The molecule has 2 aliphatic rings. The molecule has 0 aliphatic carbocycles. The van der Waals surface area contributed by atoms with Crippen LogP contribution in [-0.4, -0.2) is 30.4 Å². The van der Waals surface area contributed by atoms with Gasteiger partial charge < -0.3 is 15.5 Å². The maximum absolute atomic E-state index is 13.2. The van der Waals surface area contributed by atoms with Gasteiger partial charge in [-0.15, -0.1) is 0 Å². The summed E-state index contributed by atoms with van der Waals surface area (Å²) in [6.45, 7) is 5.72. The van der Waals surface area contributed by atoms with Gasteiger partial charge in [0.2, 0.25) is 0 Å². The number of hydrogen-bond donors (Lipinski definition) is 1. The standard InChI is InChI=1S/C22H27N3O/c1-16-8-11-24(12-9-16)22(26)20-14-19(23)6-7-21(20)25-13-10-17-4-2-3-5-18(17)15-25/h2-7,14,16H,8-13,15,23H2,1H3. The van der Waals surface area contributed by atoms with E-state index in [4.69, 9.17) is 5.73 Å². The maximum atomic E-state index is 13.2. The van der Waals surface area contributed by atoms with E-state index in [0.29, 0.717) is 11.6 Å². The first-order valence-electron chi connectivity index (χ1n) is 9.62. The second-order valence-electron chi connectivity index (χ2n) is 7.69. The van der Waals surface area contributed by atoms with E-state index in [1.54, 1.807) is 0 Å². The van der Waals surface area contributed by atoms with Crippen molar-refractivity contribution in [3.8, 4) is 0 Å².